The third-order valence-electron chi connectivity index (χ3n) is 4.14. The predicted octanol–water partition coefficient (Wildman–Crippen LogP) is 3.44. The van der Waals surface area contributed by atoms with Gasteiger partial charge < -0.3 is 19.3 Å². The van der Waals surface area contributed by atoms with Crippen LogP contribution < -0.4 is 10.1 Å². The van der Waals surface area contributed by atoms with Gasteiger partial charge in [-0.15, -0.1) is 11.3 Å². The molecule has 1 aliphatic rings. The summed E-state index contributed by atoms with van der Waals surface area (Å²) in [5.41, 5.74) is 2.35. The molecule has 1 aromatic carbocycles. The highest BCUT2D eigenvalue weighted by Crippen LogP contribution is 2.42. The van der Waals surface area contributed by atoms with Crippen molar-refractivity contribution >= 4 is 22.2 Å². The van der Waals surface area contributed by atoms with E-state index >= 15 is 0 Å². The maximum absolute atomic E-state index is 12.8. The summed E-state index contributed by atoms with van der Waals surface area (Å²) < 4.78 is 16.2. The van der Waals surface area contributed by atoms with Gasteiger partial charge in [-0.1, -0.05) is 17.3 Å². The van der Waals surface area contributed by atoms with Crippen LogP contribution in [0.1, 0.15) is 26.6 Å². The number of hydrogen-bond donors (Lipinski definition) is 1. The number of carbonyl (C=O) groups excluding carboxylic acids is 1. The van der Waals surface area contributed by atoms with Crippen LogP contribution in [-0.2, 0) is 17.8 Å². The van der Waals surface area contributed by atoms with Crippen molar-refractivity contribution in [1.29, 1.82) is 0 Å². The second-order valence-corrected chi connectivity index (χ2v) is 6.92. The fourth-order valence-corrected chi connectivity index (χ4v) is 4.12. The topological polar surface area (TPSA) is 86.5 Å². The minimum atomic E-state index is -0.251. The number of nitrogens with one attached hydrogen (secondary N) is 1. The van der Waals surface area contributed by atoms with E-state index in [1.165, 1.54) is 11.3 Å². The number of para-hydroxylation sites is 1. The Balaban J connectivity index is 1.74. The molecule has 0 unspecified atom stereocenters. The Bertz CT molecular complexity index is 963. The molecule has 3 aromatic rings. The molecular weight excluding hydrogens is 354 g/mol. The van der Waals surface area contributed by atoms with E-state index in [9.17, 15) is 4.79 Å². The molecule has 0 atom stereocenters. The Morgan fingerprint density at radius 1 is 1.35 bits per heavy atom. The van der Waals surface area contributed by atoms with E-state index < -0.39 is 0 Å². The van der Waals surface area contributed by atoms with Crippen molar-refractivity contribution in [1.82, 2.24) is 10.1 Å². The lowest BCUT2D eigenvalue weighted by molar-refractivity contribution is 0.102. The minimum Gasteiger partial charge on any atom is -0.496 e. The van der Waals surface area contributed by atoms with Crippen LogP contribution in [0.3, 0.4) is 0 Å². The lowest BCUT2D eigenvalue weighted by Gasteiger charge is -2.12. The molecule has 1 amide bonds. The lowest BCUT2D eigenvalue weighted by atomic mass is 10.1. The van der Waals surface area contributed by atoms with Gasteiger partial charge in [0.05, 0.1) is 31.5 Å². The Labute approximate surface area is 153 Å². The number of nitrogens with zero attached hydrogens (tertiary/aromatic N) is 2. The number of amides is 1. The Kier molecular flexibility index (Phi) is 4.44. The van der Waals surface area contributed by atoms with Gasteiger partial charge in [-0.25, -0.2) is 0 Å². The third kappa shape index (κ3) is 2.97. The average Bonchev–Trinajstić information content (AvgIpc) is 3.24. The van der Waals surface area contributed by atoms with E-state index in [0.29, 0.717) is 41.2 Å². The van der Waals surface area contributed by atoms with Gasteiger partial charge >= 0.3 is 0 Å². The number of thiophene rings is 1. The molecule has 1 N–H and O–H groups in total. The number of fused-ring (bicyclic) bond motifs is 1. The SMILES string of the molecule is COc1ccccc1C(=O)Nc1sc2c(c1-c1nc(C)no1)CCOC2. The van der Waals surface area contributed by atoms with Crippen LogP contribution in [0, 0.1) is 6.92 Å². The first-order chi connectivity index (χ1) is 12.7. The molecule has 0 fully saturated rings. The summed E-state index contributed by atoms with van der Waals surface area (Å²) in [7, 11) is 1.54. The molecule has 0 aliphatic carbocycles. The van der Waals surface area contributed by atoms with Crippen molar-refractivity contribution in [3.63, 3.8) is 0 Å². The molecule has 26 heavy (non-hydrogen) atoms. The molecule has 0 saturated heterocycles. The Hall–Kier alpha value is -2.71. The van der Waals surface area contributed by atoms with Crippen LogP contribution in [0.2, 0.25) is 0 Å². The zero-order valence-electron chi connectivity index (χ0n) is 14.4. The molecule has 1 aliphatic heterocycles. The highest BCUT2D eigenvalue weighted by atomic mass is 32.1. The van der Waals surface area contributed by atoms with E-state index in [4.69, 9.17) is 14.0 Å². The van der Waals surface area contributed by atoms with E-state index in [0.717, 1.165) is 22.4 Å². The van der Waals surface area contributed by atoms with Gasteiger partial charge in [0, 0.05) is 4.88 Å². The number of aryl methyl sites for hydroxylation is 1. The molecule has 0 spiro atoms. The van der Waals surface area contributed by atoms with E-state index in [1.54, 1.807) is 32.2 Å². The molecule has 0 bridgehead atoms. The molecule has 0 saturated carbocycles. The first-order valence-electron chi connectivity index (χ1n) is 8.14. The number of methoxy groups -OCH3 is 1. The quantitative estimate of drug-likeness (QED) is 0.756. The summed E-state index contributed by atoms with van der Waals surface area (Å²) >= 11 is 1.48. The molecule has 134 valence electrons. The number of carbonyl (C=O) groups is 1. The van der Waals surface area contributed by atoms with Crippen molar-refractivity contribution in [2.45, 2.75) is 20.0 Å². The van der Waals surface area contributed by atoms with Gasteiger partial charge in [-0.05, 0) is 31.0 Å². The standard InChI is InChI=1S/C18H17N3O4S/c1-10-19-17(25-21-10)15-12-7-8-24-9-14(12)26-18(15)20-16(22)11-5-3-4-6-13(11)23-2/h3-6H,7-9H2,1-2H3,(H,20,22). The van der Waals surface area contributed by atoms with Crippen LogP contribution in [-0.4, -0.2) is 29.8 Å². The third-order valence-corrected chi connectivity index (χ3v) is 5.26. The average molecular weight is 371 g/mol. The number of ether oxygens (including phenoxy) is 2. The molecule has 8 heteroatoms. The largest absolute Gasteiger partial charge is 0.496 e. The summed E-state index contributed by atoms with van der Waals surface area (Å²) in [6.07, 6.45) is 0.743. The molecule has 7 nitrogen and oxygen atoms in total. The van der Waals surface area contributed by atoms with Gasteiger partial charge in [-0.3, -0.25) is 4.79 Å². The van der Waals surface area contributed by atoms with Crippen LogP contribution in [0.25, 0.3) is 11.5 Å². The second-order valence-electron chi connectivity index (χ2n) is 5.81. The van der Waals surface area contributed by atoms with Gasteiger partial charge in [0.2, 0.25) is 0 Å². The van der Waals surface area contributed by atoms with Crippen LogP contribution in [0.4, 0.5) is 5.00 Å². The summed E-state index contributed by atoms with van der Waals surface area (Å²) in [4.78, 5) is 18.2. The molecule has 2 aromatic heterocycles. The fourth-order valence-electron chi connectivity index (χ4n) is 2.95. The molecular formula is C18H17N3O4S. The van der Waals surface area contributed by atoms with Gasteiger partial charge in [-0.2, -0.15) is 4.98 Å². The maximum Gasteiger partial charge on any atom is 0.261 e. The first-order valence-corrected chi connectivity index (χ1v) is 8.96. The summed E-state index contributed by atoms with van der Waals surface area (Å²) in [5.74, 6) is 1.23. The van der Waals surface area contributed by atoms with Crippen LogP contribution in [0.5, 0.6) is 5.75 Å². The van der Waals surface area contributed by atoms with E-state index in [1.807, 2.05) is 6.07 Å². The second kappa shape index (κ2) is 6.89. The number of rotatable bonds is 4. The first kappa shape index (κ1) is 16.7. The summed E-state index contributed by atoms with van der Waals surface area (Å²) in [6, 6.07) is 7.10. The Morgan fingerprint density at radius 2 is 2.19 bits per heavy atom. The lowest BCUT2D eigenvalue weighted by Crippen LogP contribution is -2.13. The van der Waals surface area contributed by atoms with Crippen LogP contribution in [0.15, 0.2) is 28.8 Å². The van der Waals surface area contributed by atoms with Gasteiger partial charge in [0.25, 0.3) is 11.8 Å². The minimum absolute atomic E-state index is 0.251. The van der Waals surface area contributed by atoms with Crippen LogP contribution >= 0.6 is 11.3 Å². The van der Waals surface area contributed by atoms with Crippen molar-refractivity contribution in [3.8, 4) is 17.2 Å². The smallest absolute Gasteiger partial charge is 0.261 e. The highest BCUT2D eigenvalue weighted by molar-refractivity contribution is 7.17. The fraction of sp³-hybridized carbons (Fsp3) is 0.278. The number of aromatic nitrogens is 2. The van der Waals surface area contributed by atoms with Crippen molar-refractivity contribution in [3.05, 3.63) is 46.1 Å². The normalized spacial score (nSPS) is 13.3. The molecule has 4 rings (SSSR count). The van der Waals surface area contributed by atoms with Crippen molar-refractivity contribution in [2.75, 3.05) is 19.0 Å². The zero-order valence-corrected chi connectivity index (χ0v) is 15.2. The Morgan fingerprint density at radius 3 is 2.96 bits per heavy atom. The summed E-state index contributed by atoms with van der Waals surface area (Å²) in [6.45, 7) is 2.91. The zero-order chi connectivity index (χ0) is 18.1. The van der Waals surface area contributed by atoms with E-state index in [-0.39, 0.29) is 5.91 Å². The van der Waals surface area contributed by atoms with Crippen molar-refractivity contribution < 1.29 is 18.8 Å². The maximum atomic E-state index is 12.8. The van der Waals surface area contributed by atoms with Gasteiger partial charge in [0.1, 0.15) is 10.8 Å². The number of anilines is 1. The summed E-state index contributed by atoms with van der Waals surface area (Å²) in [5, 5.41) is 7.55. The number of hydrogen-bond acceptors (Lipinski definition) is 7. The van der Waals surface area contributed by atoms with Crippen molar-refractivity contribution in [2.24, 2.45) is 0 Å². The predicted molar refractivity (Wildman–Crippen MR) is 96.7 cm³/mol. The molecule has 3 heterocycles. The molecule has 0 radical (unpaired) electrons. The van der Waals surface area contributed by atoms with Gasteiger partial charge in [0.15, 0.2) is 5.82 Å². The highest BCUT2D eigenvalue weighted by Gasteiger charge is 2.27. The monoisotopic (exact) mass is 371 g/mol. The number of benzene rings is 1. The van der Waals surface area contributed by atoms with E-state index in [2.05, 4.69) is 15.5 Å².